The average Bonchev–Trinajstić information content (AvgIpc) is 3.12. The number of hydrogen-bond acceptors (Lipinski definition) is 1. The van der Waals surface area contributed by atoms with E-state index < -0.39 is 0 Å². The summed E-state index contributed by atoms with van der Waals surface area (Å²) in [7, 11) is 0. The summed E-state index contributed by atoms with van der Waals surface area (Å²) < 4.78 is 1.73. The first kappa shape index (κ1) is 12.0. The molecule has 0 amide bonds. The van der Waals surface area contributed by atoms with E-state index in [-0.39, 0.29) is 5.91 Å². The topological polar surface area (TPSA) is 37.8 Å². The highest BCUT2D eigenvalue weighted by atomic mass is 16.2. The summed E-state index contributed by atoms with van der Waals surface area (Å²) in [6.07, 6.45) is 4.17. The molecule has 1 N–H and O–H groups in total. The largest absolute Gasteiger partial charge is 0.361 e. The van der Waals surface area contributed by atoms with Crippen LogP contribution in [-0.4, -0.2) is 15.5 Å². The summed E-state index contributed by atoms with van der Waals surface area (Å²) >= 11 is 0. The van der Waals surface area contributed by atoms with E-state index in [0.29, 0.717) is 6.42 Å². The Kier molecular flexibility index (Phi) is 2.64. The highest BCUT2D eigenvalue weighted by Gasteiger charge is 2.12. The van der Waals surface area contributed by atoms with Crippen LogP contribution in [0, 0.1) is 0 Å². The zero-order chi connectivity index (χ0) is 14.2. The molecule has 4 rings (SSSR count). The van der Waals surface area contributed by atoms with E-state index in [9.17, 15) is 4.79 Å². The Balaban J connectivity index is 1.72. The number of benzene rings is 2. The second-order valence-electron chi connectivity index (χ2n) is 5.17. The van der Waals surface area contributed by atoms with Crippen LogP contribution in [0.5, 0.6) is 0 Å². The van der Waals surface area contributed by atoms with Gasteiger partial charge in [0.25, 0.3) is 0 Å². The number of H-pyrrole nitrogens is 1. The lowest BCUT2D eigenvalue weighted by Crippen LogP contribution is -2.11. The Morgan fingerprint density at radius 2 is 1.81 bits per heavy atom. The lowest BCUT2D eigenvalue weighted by Gasteiger charge is -2.03. The van der Waals surface area contributed by atoms with Gasteiger partial charge in [0.05, 0.1) is 11.9 Å². The molecule has 3 heteroatoms. The minimum absolute atomic E-state index is 0.0842. The van der Waals surface area contributed by atoms with Gasteiger partial charge in [0.2, 0.25) is 5.91 Å². The number of fused-ring (bicyclic) bond motifs is 2. The quantitative estimate of drug-likeness (QED) is 0.589. The number of carbonyl (C=O) groups excluding carboxylic acids is 1. The molecule has 0 spiro atoms. The van der Waals surface area contributed by atoms with E-state index in [2.05, 4.69) is 4.98 Å². The number of rotatable bonds is 2. The SMILES string of the molecule is O=C(Cc1c[nH]c2ccccc12)n1ccc2ccccc21. The molecule has 0 aliphatic carbocycles. The number of nitrogens with zero attached hydrogens (tertiary/aromatic N) is 1. The zero-order valence-electron chi connectivity index (χ0n) is 11.4. The van der Waals surface area contributed by atoms with Crippen molar-refractivity contribution in [3.63, 3.8) is 0 Å². The van der Waals surface area contributed by atoms with Crippen LogP contribution in [0.25, 0.3) is 21.8 Å². The summed E-state index contributed by atoms with van der Waals surface area (Å²) in [5, 5.41) is 2.20. The molecule has 0 bridgehead atoms. The fourth-order valence-corrected chi connectivity index (χ4v) is 2.83. The first-order valence-electron chi connectivity index (χ1n) is 6.97. The summed E-state index contributed by atoms with van der Waals surface area (Å²) in [4.78, 5) is 15.8. The van der Waals surface area contributed by atoms with E-state index in [1.54, 1.807) is 4.57 Å². The summed E-state index contributed by atoms with van der Waals surface area (Å²) in [6, 6.07) is 18.0. The third-order valence-corrected chi connectivity index (χ3v) is 3.88. The van der Waals surface area contributed by atoms with Crippen molar-refractivity contribution < 1.29 is 4.79 Å². The fraction of sp³-hybridized carbons (Fsp3) is 0.0556. The van der Waals surface area contributed by atoms with Crippen LogP contribution in [-0.2, 0) is 6.42 Å². The lowest BCUT2D eigenvalue weighted by atomic mass is 10.1. The molecule has 0 fully saturated rings. The van der Waals surface area contributed by atoms with E-state index in [0.717, 1.165) is 27.4 Å². The highest BCUT2D eigenvalue weighted by molar-refractivity contribution is 5.95. The van der Waals surface area contributed by atoms with Crippen LogP contribution < -0.4 is 0 Å². The van der Waals surface area contributed by atoms with Gasteiger partial charge in [-0.05, 0) is 23.8 Å². The molecule has 0 atom stereocenters. The maximum absolute atomic E-state index is 12.6. The molecule has 0 saturated heterocycles. The Morgan fingerprint density at radius 3 is 2.76 bits per heavy atom. The Morgan fingerprint density at radius 1 is 1.00 bits per heavy atom. The number of nitrogens with one attached hydrogen (secondary N) is 1. The summed E-state index contributed by atoms with van der Waals surface area (Å²) in [5.41, 5.74) is 3.06. The Bertz CT molecular complexity index is 946. The van der Waals surface area contributed by atoms with Gasteiger partial charge in [0.1, 0.15) is 0 Å². The Hall–Kier alpha value is -2.81. The lowest BCUT2D eigenvalue weighted by molar-refractivity contribution is 0.0920. The molecule has 2 heterocycles. The maximum atomic E-state index is 12.6. The van der Waals surface area contributed by atoms with E-state index in [1.165, 1.54) is 0 Å². The molecule has 3 nitrogen and oxygen atoms in total. The first-order valence-corrected chi connectivity index (χ1v) is 6.97. The first-order chi connectivity index (χ1) is 10.3. The van der Waals surface area contributed by atoms with Gasteiger partial charge < -0.3 is 4.98 Å². The van der Waals surface area contributed by atoms with Crippen LogP contribution in [0.1, 0.15) is 10.4 Å². The normalized spacial score (nSPS) is 11.2. The van der Waals surface area contributed by atoms with Crippen LogP contribution in [0.3, 0.4) is 0 Å². The van der Waals surface area contributed by atoms with E-state index in [1.807, 2.05) is 67.0 Å². The van der Waals surface area contributed by atoms with Crippen molar-refractivity contribution in [2.24, 2.45) is 0 Å². The molecule has 0 aliphatic rings. The van der Waals surface area contributed by atoms with E-state index in [4.69, 9.17) is 0 Å². The minimum Gasteiger partial charge on any atom is -0.361 e. The summed E-state index contributed by atoms with van der Waals surface area (Å²) in [6.45, 7) is 0. The number of para-hydroxylation sites is 2. The molecule has 0 radical (unpaired) electrons. The third kappa shape index (κ3) is 1.94. The smallest absolute Gasteiger partial charge is 0.235 e. The maximum Gasteiger partial charge on any atom is 0.235 e. The molecule has 2 aromatic carbocycles. The molecular weight excluding hydrogens is 260 g/mol. The van der Waals surface area contributed by atoms with Crippen molar-refractivity contribution in [2.75, 3.05) is 0 Å². The number of hydrogen-bond donors (Lipinski definition) is 1. The van der Waals surface area contributed by atoms with Crippen LogP contribution >= 0.6 is 0 Å². The molecule has 21 heavy (non-hydrogen) atoms. The molecule has 4 aromatic rings. The van der Waals surface area contributed by atoms with Gasteiger partial charge in [-0.3, -0.25) is 9.36 Å². The van der Waals surface area contributed by atoms with Gasteiger partial charge in [-0.1, -0.05) is 36.4 Å². The zero-order valence-corrected chi connectivity index (χ0v) is 11.4. The number of aromatic nitrogens is 2. The van der Waals surface area contributed by atoms with Gasteiger partial charge in [-0.25, -0.2) is 0 Å². The van der Waals surface area contributed by atoms with Crippen LogP contribution in [0.4, 0.5) is 0 Å². The highest BCUT2D eigenvalue weighted by Crippen LogP contribution is 2.20. The monoisotopic (exact) mass is 274 g/mol. The van der Waals surface area contributed by atoms with Crippen molar-refractivity contribution in [3.05, 3.63) is 72.6 Å². The second-order valence-corrected chi connectivity index (χ2v) is 5.17. The molecule has 102 valence electrons. The fourth-order valence-electron chi connectivity index (χ4n) is 2.83. The average molecular weight is 274 g/mol. The predicted molar refractivity (Wildman–Crippen MR) is 84.6 cm³/mol. The van der Waals surface area contributed by atoms with Crippen molar-refractivity contribution in [3.8, 4) is 0 Å². The van der Waals surface area contributed by atoms with Gasteiger partial charge in [-0.2, -0.15) is 0 Å². The van der Waals surface area contributed by atoms with E-state index >= 15 is 0 Å². The van der Waals surface area contributed by atoms with Gasteiger partial charge in [0, 0.05) is 28.7 Å². The van der Waals surface area contributed by atoms with Crippen molar-refractivity contribution >= 4 is 27.7 Å². The molecule has 0 unspecified atom stereocenters. The van der Waals surface area contributed by atoms with Crippen LogP contribution in [0.15, 0.2) is 67.0 Å². The third-order valence-electron chi connectivity index (χ3n) is 3.88. The van der Waals surface area contributed by atoms with Crippen LogP contribution in [0.2, 0.25) is 0 Å². The van der Waals surface area contributed by atoms with Gasteiger partial charge in [-0.15, -0.1) is 0 Å². The minimum atomic E-state index is 0.0842. The van der Waals surface area contributed by atoms with Gasteiger partial charge in [0.15, 0.2) is 0 Å². The van der Waals surface area contributed by atoms with Crippen molar-refractivity contribution in [1.82, 2.24) is 9.55 Å². The predicted octanol–water partition coefficient (Wildman–Crippen LogP) is 4.01. The molecule has 0 aliphatic heterocycles. The standard InChI is InChI=1S/C18H14N2O/c21-18(20-10-9-13-5-1-4-8-17(13)20)11-14-12-19-16-7-3-2-6-15(14)16/h1-10,12,19H,11H2. The van der Waals surface area contributed by atoms with Gasteiger partial charge >= 0.3 is 0 Å². The van der Waals surface area contributed by atoms with Crippen molar-refractivity contribution in [2.45, 2.75) is 6.42 Å². The van der Waals surface area contributed by atoms with Crippen molar-refractivity contribution in [1.29, 1.82) is 0 Å². The summed E-state index contributed by atoms with van der Waals surface area (Å²) in [5.74, 6) is 0.0842. The molecule has 0 saturated carbocycles. The molecular formula is C18H14N2O. The Labute approximate surface area is 121 Å². The molecule has 2 aromatic heterocycles. The number of aromatic amines is 1. The number of carbonyl (C=O) groups is 1. The second kappa shape index (κ2) is 4.63.